The van der Waals surface area contributed by atoms with Crippen LogP contribution >= 0.6 is 0 Å². The predicted octanol–water partition coefficient (Wildman–Crippen LogP) is 2.45. The molecule has 0 bridgehead atoms. The molecule has 1 amide bonds. The van der Waals surface area contributed by atoms with Crippen molar-refractivity contribution in [2.45, 2.75) is 44.2 Å². The second-order valence-electron chi connectivity index (χ2n) is 7.20. The number of benzene rings is 1. The SMILES string of the molecule is N#Cc1cc(N2CC[C@@H]3[C@@H](CCC(=O)N3C3CC3)C2)ccc1[N+](=O)[O-]. The van der Waals surface area contributed by atoms with E-state index in [9.17, 15) is 20.2 Å². The third kappa shape index (κ3) is 2.82. The summed E-state index contributed by atoms with van der Waals surface area (Å²) >= 11 is 0. The molecule has 25 heavy (non-hydrogen) atoms. The predicted molar refractivity (Wildman–Crippen MR) is 91.0 cm³/mol. The lowest BCUT2D eigenvalue weighted by Crippen LogP contribution is -2.56. The average molecular weight is 340 g/mol. The van der Waals surface area contributed by atoms with Gasteiger partial charge in [-0.3, -0.25) is 14.9 Å². The number of nitrogens with zero attached hydrogens (tertiary/aromatic N) is 4. The molecule has 7 heteroatoms. The highest BCUT2D eigenvalue weighted by Crippen LogP contribution is 2.40. The number of rotatable bonds is 3. The normalized spacial score (nSPS) is 26.1. The van der Waals surface area contributed by atoms with Crippen molar-refractivity contribution in [1.29, 1.82) is 5.26 Å². The highest BCUT2D eigenvalue weighted by Gasteiger charge is 2.45. The van der Waals surface area contributed by atoms with E-state index < -0.39 is 4.92 Å². The summed E-state index contributed by atoms with van der Waals surface area (Å²) in [6, 6.07) is 7.48. The quantitative estimate of drug-likeness (QED) is 0.623. The molecule has 2 aliphatic heterocycles. The van der Waals surface area contributed by atoms with Gasteiger partial charge in [-0.05, 0) is 43.7 Å². The minimum absolute atomic E-state index is 0.100. The molecule has 2 saturated heterocycles. The Morgan fingerprint density at radius 2 is 2.04 bits per heavy atom. The van der Waals surface area contributed by atoms with Crippen LogP contribution in [0.2, 0.25) is 0 Å². The lowest BCUT2D eigenvalue weighted by atomic mass is 9.83. The summed E-state index contributed by atoms with van der Waals surface area (Å²) in [5.41, 5.74) is 0.808. The van der Waals surface area contributed by atoms with E-state index in [1.54, 1.807) is 12.1 Å². The van der Waals surface area contributed by atoms with Crippen LogP contribution in [-0.2, 0) is 4.79 Å². The van der Waals surface area contributed by atoms with Crippen molar-refractivity contribution in [3.05, 3.63) is 33.9 Å². The molecule has 7 nitrogen and oxygen atoms in total. The van der Waals surface area contributed by atoms with Gasteiger partial charge in [0.2, 0.25) is 5.91 Å². The van der Waals surface area contributed by atoms with Crippen LogP contribution in [0.5, 0.6) is 0 Å². The van der Waals surface area contributed by atoms with Gasteiger partial charge >= 0.3 is 0 Å². The number of nitriles is 1. The van der Waals surface area contributed by atoms with Crippen LogP contribution in [0.3, 0.4) is 0 Å². The maximum absolute atomic E-state index is 12.3. The van der Waals surface area contributed by atoms with E-state index in [1.165, 1.54) is 6.07 Å². The minimum atomic E-state index is -0.519. The van der Waals surface area contributed by atoms with Crippen LogP contribution in [0.1, 0.15) is 37.7 Å². The number of likely N-dealkylation sites (tertiary alicyclic amines) is 1. The van der Waals surface area contributed by atoms with Gasteiger partial charge in [0.25, 0.3) is 5.69 Å². The first kappa shape index (κ1) is 15.9. The first-order valence-corrected chi connectivity index (χ1v) is 8.83. The number of amides is 1. The molecule has 0 radical (unpaired) electrons. The van der Waals surface area contributed by atoms with Crippen molar-refractivity contribution in [2.24, 2.45) is 5.92 Å². The molecule has 1 aromatic rings. The van der Waals surface area contributed by atoms with Crippen LogP contribution in [0, 0.1) is 27.4 Å². The Morgan fingerprint density at radius 1 is 1.24 bits per heavy atom. The molecule has 3 aliphatic rings. The van der Waals surface area contributed by atoms with E-state index in [-0.39, 0.29) is 11.3 Å². The number of nitro groups is 1. The summed E-state index contributed by atoms with van der Waals surface area (Å²) in [5.74, 6) is 0.743. The van der Waals surface area contributed by atoms with Crippen LogP contribution in [-0.4, -0.2) is 40.9 Å². The Labute approximate surface area is 146 Å². The zero-order chi connectivity index (χ0) is 17.6. The molecule has 2 heterocycles. The van der Waals surface area contributed by atoms with E-state index >= 15 is 0 Å². The molecule has 0 unspecified atom stereocenters. The van der Waals surface area contributed by atoms with Crippen molar-refractivity contribution in [2.75, 3.05) is 18.0 Å². The zero-order valence-corrected chi connectivity index (χ0v) is 13.9. The van der Waals surface area contributed by atoms with Gasteiger partial charge in [-0.25, -0.2) is 0 Å². The smallest absolute Gasteiger partial charge is 0.287 e. The van der Waals surface area contributed by atoms with Crippen LogP contribution in [0.4, 0.5) is 11.4 Å². The van der Waals surface area contributed by atoms with Gasteiger partial charge in [0.15, 0.2) is 0 Å². The number of anilines is 1. The summed E-state index contributed by atoms with van der Waals surface area (Å²) in [7, 11) is 0. The highest BCUT2D eigenvalue weighted by molar-refractivity contribution is 5.78. The maximum atomic E-state index is 12.3. The summed E-state index contributed by atoms with van der Waals surface area (Å²) < 4.78 is 0. The fraction of sp³-hybridized carbons (Fsp3) is 0.556. The number of nitro benzene ring substituents is 1. The van der Waals surface area contributed by atoms with E-state index in [0.717, 1.165) is 44.5 Å². The van der Waals surface area contributed by atoms with E-state index in [2.05, 4.69) is 9.80 Å². The highest BCUT2D eigenvalue weighted by atomic mass is 16.6. The third-order valence-corrected chi connectivity index (χ3v) is 5.67. The molecule has 3 fully saturated rings. The number of carbonyl (C=O) groups excluding carboxylic acids is 1. The Morgan fingerprint density at radius 3 is 2.72 bits per heavy atom. The first-order chi connectivity index (χ1) is 12.1. The molecule has 0 N–H and O–H groups in total. The van der Waals surface area contributed by atoms with Gasteiger partial charge in [-0.2, -0.15) is 5.26 Å². The molecule has 1 aliphatic carbocycles. The number of fused-ring (bicyclic) bond motifs is 1. The standard InChI is InChI=1S/C18H20N4O3/c19-10-13-9-15(4-5-17(13)22(24)25)20-8-7-16-12(11-20)1-6-18(23)21(16)14-2-3-14/h4-5,9,12,14,16H,1-3,6-8,11H2/t12-,16+/m0/s1. The molecule has 1 aromatic carbocycles. The second kappa shape index (κ2) is 6.03. The molecule has 2 atom stereocenters. The summed E-state index contributed by atoms with van der Waals surface area (Å²) in [6.07, 6.45) is 4.71. The topological polar surface area (TPSA) is 90.5 Å². The van der Waals surface area contributed by atoms with Gasteiger partial charge < -0.3 is 9.80 Å². The Balaban J connectivity index is 1.54. The van der Waals surface area contributed by atoms with Crippen molar-refractivity contribution in [1.82, 2.24) is 4.90 Å². The average Bonchev–Trinajstić information content (AvgIpc) is 3.45. The van der Waals surface area contributed by atoms with Crippen LogP contribution in [0.25, 0.3) is 0 Å². The number of piperidine rings is 2. The summed E-state index contributed by atoms with van der Waals surface area (Å²) in [5, 5.41) is 20.2. The lowest BCUT2D eigenvalue weighted by Gasteiger charge is -2.48. The second-order valence-corrected chi connectivity index (χ2v) is 7.20. The van der Waals surface area contributed by atoms with Crippen LogP contribution in [0.15, 0.2) is 18.2 Å². The third-order valence-electron chi connectivity index (χ3n) is 5.67. The molecular formula is C18H20N4O3. The molecule has 1 saturated carbocycles. The molecule has 0 spiro atoms. The van der Waals surface area contributed by atoms with E-state index in [0.29, 0.717) is 30.3 Å². The molecule has 4 rings (SSSR count). The Hall–Kier alpha value is -2.62. The van der Waals surface area contributed by atoms with E-state index in [4.69, 9.17) is 0 Å². The van der Waals surface area contributed by atoms with Crippen molar-refractivity contribution in [3.63, 3.8) is 0 Å². The maximum Gasteiger partial charge on any atom is 0.287 e. The fourth-order valence-corrected chi connectivity index (χ4v) is 4.32. The van der Waals surface area contributed by atoms with E-state index in [1.807, 2.05) is 6.07 Å². The molecule has 0 aromatic heterocycles. The van der Waals surface area contributed by atoms with Gasteiger partial charge in [-0.15, -0.1) is 0 Å². The summed E-state index contributed by atoms with van der Waals surface area (Å²) in [4.78, 5) is 27.1. The number of hydrogen-bond donors (Lipinski definition) is 0. The fourth-order valence-electron chi connectivity index (χ4n) is 4.32. The van der Waals surface area contributed by atoms with Gasteiger partial charge in [0.05, 0.1) is 4.92 Å². The van der Waals surface area contributed by atoms with Gasteiger partial charge in [0.1, 0.15) is 11.6 Å². The molecule has 130 valence electrons. The number of hydrogen-bond acceptors (Lipinski definition) is 5. The number of carbonyl (C=O) groups is 1. The van der Waals surface area contributed by atoms with Crippen molar-refractivity contribution in [3.8, 4) is 6.07 Å². The molecular weight excluding hydrogens is 320 g/mol. The van der Waals surface area contributed by atoms with Gasteiger partial charge in [-0.1, -0.05) is 0 Å². The minimum Gasteiger partial charge on any atom is -0.371 e. The Kier molecular flexibility index (Phi) is 3.83. The van der Waals surface area contributed by atoms with Crippen molar-refractivity contribution >= 4 is 17.3 Å². The lowest BCUT2D eigenvalue weighted by molar-refractivity contribution is -0.385. The first-order valence-electron chi connectivity index (χ1n) is 8.83. The van der Waals surface area contributed by atoms with Gasteiger partial charge in [0, 0.05) is 43.3 Å². The summed E-state index contributed by atoms with van der Waals surface area (Å²) in [6.45, 7) is 1.64. The Bertz CT molecular complexity index is 768. The van der Waals surface area contributed by atoms with Crippen molar-refractivity contribution < 1.29 is 9.72 Å². The van der Waals surface area contributed by atoms with Crippen LogP contribution < -0.4 is 4.90 Å². The monoisotopic (exact) mass is 340 g/mol. The zero-order valence-electron chi connectivity index (χ0n) is 13.9. The largest absolute Gasteiger partial charge is 0.371 e.